The van der Waals surface area contributed by atoms with E-state index in [4.69, 9.17) is 4.74 Å². The fourth-order valence-electron chi connectivity index (χ4n) is 2.33. The van der Waals surface area contributed by atoms with Crippen molar-refractivity contribution in [1.82, 2.24) is 0 Å². The molecule has 1 unspecified atom stereocenters. The molecule has 1 aliphatic rings. The molecule has 0 aliphatic carbocycles. The fourth-order valence-corrected chi connectivity index (χ4v) is 4.23. The van der Waals surface area contributed by atoms with Gasteiger partial charge < -0.3 is 4.74 Å². The molecule has 0 N–H and O–H groups in total. The van der Waals surface area contributed by atoms with E-state index in [1.54, 1.807) is 0 Å². The van der Waals surface area contributed by atoms with E-state index in [1.165, 1.54) is 21.6 Å². The van der Waals surface area contributed by atoms with Crippen LogP contribution in [0.1, 0.15) is 32.8 Å². The third-order valence-corrected chi connectivity index (χ3v) is 5.73. The highest BCUT2D eigenvalue weighted by molar-refractivity contribution is 9.09. The minimum absolute atomic E-state index is 0.296. The average Bonchev–Trinajstić information content (AvgIpc) is 2.83. The van der Waals surface area contributed by atoms with Gasteiger partial charge in [0.2, 0.25) is 0 Å². The molecule has 18 heavy (non-hydrogen) atoms. The molecule has 3 rings (SSSR count). The average molecular weight is 323 g/mol. The van der Waals surface area contributed by atoms with Crippen LogP contribution in [0.2, 0.25) is 0 Å². The van der Waals surface area contributed by atoms with Crippen LogP contribution in [0.5, 0.6) is 5.75 Å². The molecule has 2 aromatic rings. The van der Waals surface area contributed by atoms with E-state index in [0.717, 1.165) is 25.2 Å². The zero-order valence-electron chi connectivity index (χ0n) is 10.3. The molecule has 0 saturated heterocycles. The summed E-state index contributed by atoms with van der Waals surface area (Å²) in [4.78, 5) is 1.69. The van der Waals surface area contributed by atoms with Crippen LogP contribution in [0.15, 0.2) is 29.6 Å². The number of fused-ring (bicyclic) bond motifs is 1. The molecule has 3 heteroatoms. The first-order valence-electron chi connectivity index (χ1n) is 6.19. The number of benzene rings is 1. The lowest BCUT2D eigenvalue weighted by Gasteiger charge is -2.19. The Kier molecular flexibility index (Phi) is 3.44. The number of aryl methyl sites for hydroxylation is 2. The van der Waals surface area contributed by atoms with Crippen molar-refractivity contribution in [2.24, 2.45) is 0 Å². The van der Waals surface area contributed by atoms with Crippen molar-refractivity contribution in [1.29, 1.82) is 0 Å². The highest BCUT2D eigenvalue weighted by Gasteiger charge is 2.17. The smallest absolute Gasteiger partial charge is 0.122 e. The van der Waals surface area contributed by atoms with E-state index in [-0.39, 0.29) is 0 Å². The maximum Gasteiger partial charge on any atom is 0.122 e. The standard InChI is InChI=1S/C15H15BrOS/c1-10-6-8-18-15(10)14(16)12-4-5-13-11(9-12)3-2-7-17-13/h4-6,8-9,14H,2-3,7H2,1H3. The molecule has 0 bridgehead atoms. The predicted molar refractivity (Wildman–Crippen MR) is 80.1 cm³/mol. The van der Waals surface area contributed by atoms with Crippen LogP contribution in [0, 0.1) is 6.92 Å². The van der Waals surface area contributed by atoms with Gasteiger partial charge in [0.05, 0.1) is 11.4 Å². The number of halogens is 1. The van der Waals surface area contributed by atoms with Crippen molar-refractivity contribution in [3.63, 3.8) is 0 Å². The Morgan fingerprint density at radius 1 is 1.33 bits per heavy atom. The largest absolute Gasteiger partial charge is 0.493 e. The molecule has 1 atom stereocenters. The zero-order valence-corrected chi connectivity index (χ0v) is 12.7. The normalized spacial score (nSPS) is 15.9. The van der Waals surface area contributed by atoms with Crippen LogP contribution >= 0.6 is 27.3 Å². The summed E-state index contributed by atoms with van der Waals surface area (Å²) < 4.78 is 5.66. The molecule has 1 aliphatic heterocycles. The molecule has 94 valence electrons. The maximum absolute atomic E-state index is 5.66. The summed E-state index contributed by atoms with van der Waals surface area (Å²) in [6.07, 6.45) is 2.26. The van der Waals surface area contributed by atoms with Gasteiger partial charge in [-0.25, -0.2) is 0 Å². The number of rotatable bonds is 2. The second-order valence-electron chi connectivity index (χ2n) is 4.65. The maximum atomic E-state index is 5.66. The van der Waals surface area contributed by atoms with Gasteiger partial charge in [0.1, 0.15) is 5.75 Å². The highest BCUT2D eigenvalue weighted by atomic mass is 79.9. The number of hydrogen-bond donors (Lipinski definition) is 0. The number of thiophene rings is 1. The summed E-state index contributed by atoms with van der Waals surface area (Å²) in [6, 6.07) is 8.74. The SMILES string of the molecule is Cc1ccsc1C(Br)c1ccc2c(c1)CCCO2. The Bertz CT molecular complexity index is 561. The number of ether oxygens (including phenoxy) is 1. The molecule has 0 amide bonds. The van der Waals surface area contributed by atoms with Crippen LogP contribution < -0.4 is 4.74 Å². The van der Waals surface area contributed by atoms with Gasteiger partial charge in [-0.15, -0.1) is 11.3 Å². The Morgan fingerprint density at radius 2 is 2.22 bits per heavy atom. The first-order valence-corrected chi connectivity index (χ1v) is 7.99. The van der Waals surface area contributed by atoms with Gasteiger partial charge in [-0.05, 0) is 54.0 Å². The van der Waals surface area contributed by atoms with Gasteiger partial charge in [-0.2, -0.15) is 0 Å². The Morgan fingerprint density at radius 3 is 3.00 bits per heavy atom. The molecule has 0 spiro atoms. The number of alkyl halides is 1. The van der Waals surface area contributed by atoms with Gasteiger partial charge in [0.25, 0.3) is 0 Å². The van der Waals surface area contributed by atoms with Crippen molar-refractivity contribution in [2.75, 3.05) is 6.61 Å². The van der Waals surface area contributed by atoms with Crippen molar-refractivity contribution >= 4 is 27.3 Å². The minimum atomic E-state index is 0.296. The molecular weight excluding hydrogens is 308 g/mol. The van der Waals surface area contributed by atoms with Crippen LogP contribution in [-0.2, 0) is 6.42 Å². The molecular formula is C15H15BrOS. The van der Waals surface area contributed by atoms with Gasteiger partial charge >= 0.3 is 0 Å². The van der Waals surface area contributed by atoms with Crippen LogP contribution in [0.25, 0.3) is 0 Å². The van der Waals surface area contributed by atoms with Crippen LogP contribution in [-0.4, -0.2) is 6.61 Å². The molecule has 0 fully saturated rings. The molecule has 1 aromatic carbocycles. The summed E-state index contributed by atoms with van der Waals surface area (Å²) in [5, 5.41) is 2.15. The predicted octanol–water partition coefficient (Wildman–Crippen LogP) is 4.87. The van der Waals surface area contributed by atoms with E-state index >= 15 is 0 Å². The number of hydrogen-bond acceptors (Lipinski definition) is 2. The van der Waals surface area contributed by atoms with E-state index in [0.29, 0.717) is 4.83 Å². The van der Waals surface area contributed by atoms with Gasteiger partial charge in [-0.1, -0.05) is 28.1 Å². The molecule has 0 radical (unpaired) electrons. The van der Waals surface area contributed by atoms with Gasteiger partial charge in [0.15, 0.2) is 0 Å². The Hall–Kier alpha value is -0.800. The van der Waals surface area contributed by atoms with Crippen molar-refractivity contribution in [2.45, 2.75) is 24.6 Å². The van der Waals surface area contributed by atoms with E-state index < -0.39 is 0 Å². The monoisotopic (exact) mass is 322 g/mol. The van der Waals surface area contributed by atoms with Gasteiger partial charge in [0, 0.05) is 4.88 Å². The second kappa shape index (κ2) is 5.06. The highest BCUT2D eigenvalue weighted by Crippen LogP contribution is 2.38. The van der Waals surface area contributed by atoms with E-state index in [9.17, 15) is 0 Å². The summed E-state index contributed by atoms with van der Waals surface area (Å²) >= 11 is 5.63. The van der Waals surface area contributed by atoms with Crippen LogP contribution in [0.3, 0.4) is 0 Å². The van der Waals surface area contributed by atoms with Crippen molar-refractivity contribution in [3.8, 4) is 5.75 Å². The lowest BCUT2D eigenvalue weighted by Crippen LogP contribution is -2.08. The molecule has 1 aromatic heterocycles. The zero-order chi connectivity index (χ0) is 12.5. The first-order chi connectivity index (χ1) is 8.75. The summed E-state index contributed by atoms with van der Waals surface area (Å²) in [7, 11) is 0. The van der Waals surface area contributed by atoms with Gasteiger partial charge in [-0.3, -0.25) is 0 Å². The second-order valence-corrected chi connectivity index (χ2v) is 6.51. The van der Waals surface area contributed by atoms with E-state index in [2.05, 4.69) is 52.5 Å². The topological polar surface area (TPSA) is 9.23 Å². The summed E-state index contributed by atoms with van der Waals surface area (Å²) in [5.41, 5.74) is 4.03. The van der Waals surface area contributed by atoms with Crippen molar-refractivity contribution < 1.29 is 4.74 Å². The molecule has 1 nitrogen and oxygen atoms in total. The summed E-state index contributed by atoms with van der Waals surface area (Å²) in [5.74, 6) is 1.06. The minimum Gasteiger partial charge on any atom is -0.493 e. The lowest BCUT2D eigenvalue weighted by atomic mass is 10.0. The lowest BCUT2D eigenvalue weighted by molar-refractivity contribution is 0.288. The van der Waals surface area contributed by atoms with Crippen LogP contribution in [0.4, 0.5) is 0 Å². The third-order valence-electron chi connectivity index (χ3n) is 3.36. The Labute approximate surface area is 120 Å². The first kappa shape index (κ1) is 12.2. The fraction of sp³-hybridized carbons (Fsp3) is 0.333. The quantitative estimate of drug-likeness (QED) is 0.717. The van der Waals surface area contributed by atoms with Crippen molar-refractivity contribution in [3.05, 3.63) is 51.2 Å². The van der Waals surface area contributed by atoms with E-state index in [1.807, 2.05) is 11.3 Å². The third kappa shape index (κ3) is 2.21. The summed E-state index contributed by atoms with van der Waals surface area (Å²) in [6.45, 7) is 3.02. The molecule has 2 heterocycles. The molecule has 0 saturated carbocycles. The Balaban J connectivity index is 1.95.